The summed E-state index contributed by atoms with van der Waals surface area (Å²) in [6, 6.07) is 12.2. The largest absolute Gasteiger partial charge is 0.487 e. The maximum absolute atomic E-state index is 11.0. The fourth-order valence-corrected chi connectivity index (χ4v) is 2.26. The molecule has 2 N–H and O–H groups in total. The second kappa shape index (κ2) is 7.60. The van der Waals surface area contributed by atoms with Crippen LogP contribution in [0.1, 0.15) is 24.2 Å². The van der Waals surface area contributed by atoms with Gasteiger partial charge in [-0.15, -0.1) is 0 Å². The molecular formula is C17H20N2O4. The molecule has 0 spiro atoms. The molecule has 6 nitrogen and oxygen atoms in total. The lowest BCUT2D eigenvalue weighted by atomic mass is 10.1. The van der Waals surface area contributed by atoms with Crippen LogP contribution in [0.3, 0.4) is 0 Å². The van der Waals surface area contributed by atoms with Crippen molar-refractivity contribution in [2.45, 2.75) is 20.0 Å². The molecule has 0 bridgehead atoms. The van der Waals surface area contributed by atoms with Gasteiger partial charge in [-0.3, -0.25) is 10.1 Å². The number of anilines is 1. The zero-order valence-corrected chi connectivity index (χ0v) is 13.2. The summed E-state index contributed by atoms with van der Waals surface area (Å²) >= 11 is 0. The molecular weight excluding hydrogens is 296 g/mol. The number of aryl methyl sites for hydroxylation is 1. The van der Waals surface area contributed by atoms with Crippen molar-refractivity contribution in [3.8, 4) is 5.75 Å². The van der Waals surface area contributed by atoms with Crippen LogP contribution in [0.4, 0.5) is 11.4 Å². The van der Waals surface area contributed by atoms with E-state index in [4.69, 9.17) is 4.74 Å². The van der Waals surface area contributed by atoms with Crippen molar-refractivity contribution in [2.75, 3.05) is 18.5 Å². The lowest BCUT2D eigenvalue weighted by Crippen LogP contribution is -2.12. The van der Waals surface area contributed by atoms with Crippen LogP contribution < -0.4 is 10.1 Å². The molecule has 1 unspecified atom stereocenters. The number of nitrogens with one attached hydrogen (secondary N) is 1. The highest BCUT2D eigenvalue weighted by molar-refractivity contribution is 5.58. The minimum Gasteiger partial charge on any atom is -0.487 e. The van der Waals surface area contributed by atoms with E-state index in [9.17, 15) is 15.2 Å². The average Bonchev–Trinajstić information content (AvgIpc) is 2.53. The average molecular weight is 316 g/mol. The molecule has 23 heavy (non-hydrogen) atoms. The van der Waals surface area contributed by atoms with Gasteiger partial charge in [-0.05, 0) is 25.5 Å². The predicted octanol–water partition coefficient (Wildman–Crippen LogP) is 3.45. The molecule has 0 aliphatic rings. The molecule has 0 saturated carbocycles. The summed E-state index contributed by atoms with van der Waals surface area (Å²) in [5.41, 5.74) is 2.49. The van der Waals surface area contributed by atoms with Crippen LogP contribution in [0.2, 0.25) is 0 Å². The van der Waals surface area contributed by atoms with Crippen LogP contribution in [0.15, 0.2) is 42.5 Å². The first kappa shape index (κ1) is 16.8. The third kappa shape index (κ3) is 4.43. The van der Waals surface area contributed by atoms with Gasteiger partial charge in [-0.1, -0.05) is 29.8 Å². The number of nitro benzene ring substituents is 1. The van der Waals surface area contributed by atoms with Crippen molar-refractivity contribution >= 4 is 11.4 Å². The Kier molecular flexibility index (Phi) is 5.54. The van der Waals surface area contributed by atoms with Gasteiger partial charge < -0.3 is 15.2 Å². The van der Waals surface area contributed by atoms with E-state index in [0.717, 1.165) is 11.1 Å². The Balaban J connectivity index is 2.08. The maximum atomic E-state index is 11.0. The summed E-state index contributed by atoms with van der Waals surface area (Å²) in [6.45, 7) is 4.38. The van der Waals surface area contributed by atoms with E-state index < -0.39 is 11.0 Å². The monoisotopic (exact) mass is 316 g/mol. The van der Waals surface area contributed by atoms with Crippen molar-refractivity contribution in [1.82, 2.24) is 0 Å². The molecule has 0 fully saturated rings. The van der Waals surface area contributed by atoms with Crippen LogP contribution in [0, 0.1) is 17.0 Å². The van der Waals surface area contributed by atoms with Crippen LogP contribution in [0.25, 0.3) is 0 Å². The van der Waals surface area contributed by atoms with Crippen LogP contribution in [-0.4, -0.2) is 23.2 Å². The summed E-state index contributed by atoms with van der Waals surface area (Å²) in [5, 5.41) is 24.3. The molecule has 0 aliphatic carbocycles. The Bertz CT molecular complexity index is 688. The van der Waals surface area contributed by atoms with Crippen LogP contribution in [-0.2, 0) is 0 Å². The fraction of sp³-hybridized carbons (Fsp3) is 0.294. The number of aliphatic hydroxyl groups excluding tert-OH is 1. The Morgan fingerprint density at radius 1 is 1.30 bits per heavy atom. The molecule has 0 amide bonds. The molecule has 6 heteroatoms. The van der Waals surface area contributed by atoms with Gasteiger partial charge in [0.25, 0.3) is 0 Å². The number of nitro groups is 1. The number of aliphatic hydroxyl groups is 1. The molecule has 122 valence electrons. The van der Waals surface area contributed by atoms with Crippen LogP contribution in [0.5, 0.6) is 5.75 Å². The maximum Gasteiger partial charge on any atom is 0.311 e. The van der Waals surface area contributed by atoms with Crippen LogP contribution >= 0.6 is 0 Å². The van der Waals surface area contributed by atoms with Gasteiger partial charge in [0.2, 0.25) is 0 Å². The molecule has 0 aromatic heterocycles. The summed E-state index contributed by atoms with van der Waals surface area (Å²) in [6.07, 6.45) is -0.666. The predicted molar refractivity (Wildman–Crippen MR) is 88.9 cm³/mol. The molecule has 0 aliphatic heterocycles. The van der Waals surface area contributed by atoms with Gasteiger partial charge >= 0.3 is 5.69 Å². The smallest absolute Gasteiger partial charge is 0.311 e. The van der Waals surface area contributed by atoms with E-state index in [2.05, 4.69) is 5.32 Å². The normalized spacial score (nSPS) is 11.8. The topological polar surface area (TPSA) is 84.6 Å². The van der Waals surface area contributed by atoms with Crippen molar-refractivity contribution in [3.05, 3.63) is 63.7 Å². The first-order valence-electron chi connectivity index (χ1n) is 7.41. The highest BCUT2D eigenvalue weighted by Crippen LogP contribution is 2.30. The van der Waals surface area contributed by atoms with E-state index >= 15 is 0 Å². The SMILES string of the molecule is CCOc1cc(NCC(O)c2cccc(C)c2)ccc1[N+](=O)[O-]. The number of hydrogen-bond donors (Lipinski definition) is 2. The molecule has 1 atom stereocenters. The Morgan fingerprint density at radius 3 is 2.74 bits per heavy atom. The zero-order valence-electron chi connectivity index (χ0n) is 13.2. The molecule has 2 aromatic rings. The summed E-state index contributed by atoms with van der Waals surface area (Å²) in [4.78, 5) is 10.5. The lowest BCUT2D eigenvalue weighted by Gasteiger charge is -2.14. The van der Waals surface area contributed by atoms with Crippen molar-refractivity contribution < 1.29 is 14.8 Å². The van der Waals surface area contributed by atoms with Crippen molar-refractivity contribution in [3.63, 3.8) is 0 Å². The standard InChI is InChI=1S/C17H20N2O4/c1-3-23-17-10-14(7-8-15(17)19(21)22)18-11-16(20)13-6-4-5-12(2)9-13/h4-10,16,18,20H,3,11H2,1-2H3. The van der Waals surface area contributed by atoms with E-state index in [1.165, 1.54) is 6.07 Å². The molecule has 2 aromatic carbocycles. The highest BCUT2D eigenvalue weighted by atomic mass is 16.6. The van der Waals surface area contributed by atoms with E-state index in [-0.39, 0.29) is 11.4 Å². The van der Waals surface area contributed by atoms with Gasteiger partial charge in [-0.25, -0.2) is 0 Å². The number of ether oxygens (including phenoxy) is 1. The zero-order chi connectivity index (χ0) is 16.8. The van der Waals surface area contributed by atoms with Crippen molar-refractivity contribution in [2.24, 2.45) is 0 Å². The molecule has 0 heterocycles. The Hall–Kier alpha value is -2.60. The number of rotatable bonds is 7. The molecule has 0 radical (unpaired) electrons. The first-order chi connectivity index (χ1) is 11.0. The summed E-state index contributed by atoms with van der Waals surface area (Å²) in [5.74, 6) is 0.215. The van der Waals surface area contributed by atoms with Gasteiger partial charge in [-0.2, -0.15) is 0 Å². The number of hydrogen-bond acceptors (Lipinski definition) is 5. The minimum atomic E-state index is -0.666. The van der Waals surface area contributed by atoms with E-state index in [0.29, 0.717) is 18.8 Å². The van der Waals surface area contributed by atoms with E-state index in [1.54, 1.807) is 19.1 Å². The molecule has 0 saturated heterocycles. The first-order valence-corrected chi connectivity index (χ1v) is 7.41. The summed E-state index contributed by atoms with van der Waals surface area (Å²) in [7, 11) is 0. The lowest BCUT2D eigenvalue weighted by molar-refractivity contribution is -0.385. The Morgan fingerprint density at radius 2 is 2.09 bits per heavy atom. The van der Waals surface area contributed by atoms with Crippen molar-refractivity contribution in [1.29, 1.82) is 0 Å². The van der Waals surface area contributed by atoms with Gasteiger partial charge in [0.05, 0.1) is 17.6 Å². The molecule has 2 rings (SSSR count). The van der Waals surface area contributed by atoms with Gasteiger partial charge in [0, 0.05) is 24.4 Å². The van der Waals surface area contributed by atoms with Gasteiger partial charge in [0.15, 0.2) is 5.75 Å². The second-order valence-corrected chi connectivity index (χ2v) is 5.18. The van der Waals surface area contributed by atoms with E-state index in [1.807, 2.05) is 31.2 Å². The third-order valence-electron chi connectivity index (χ3n) is 3.38. The second-order valence-electron chi connectivity index (χ2n) is 5.18. The number of benzene rings is 2. The fourth-order valence-electron chi connectivity index (χ4n) is 2.26. The quantitative estimate of drug-likeness (QED) is 0.603. The minimum absolute atomic E-state index is 0.0726. The Labute approximate surface area is 134 Å². The third-order valence-corrected chi connectivity index (χ3v) is 3.38. The number of nitrogens with zero attached hydrogens (tertiary/aromatic N) is 1. The summed E-state index contributed by atoms with van der Waals surface area (Å²) < 4.78 is 5.30. The highest BCUT2D eigenvalue weighted by Gasteiger charge is 2.16. The van der Waals surface area contributed by atoms with Gasteiger partial charge in [0.1, 0.15) is 0 Å².